The van der Waals surface area contributed by atoms with Crippen molar-refractivity contribution in [1.82, 2.24) is 0 Å². The summed E-state index contributed by atoms with van der Waals surface area (Å²) in [5, 5.41) is 12.1. The zero-order valence-corrected chi connectivity index (χ0v) is 7.56. The van der Waals surface area contributed by atoms with Crippen LogP contribution in [0, 0.1) is 0 Å². The highest BCUT2D eigenvalue weighted by Crippen LogP contribution is 2.32. The van der Waals surface area contributed by atoms with Crippen LogP contribution >= 0.6 is 0 Å². The first-order valence-corrected chi connectivity index (χ1v) is 4.50. The third-order valence-electron chi connectivity index (χ3n) is 2.35. The smallest absolute Gasteiger partial charge is 0.253 e. The van der Waals surface area contributed by atoms with E-state index < -0.39 is 5.92 Å². The molecule has 0 aliphatic carbocycles. The molecule has 0 bridgehead atoms. The van der Waals surface area contributed by atoms with Crippen molar-refractivity contribution in [2.45, 2.75) is 18.8 Å². The summed E-state index contributed by atoms with van der Waals surface area (Å²) >= 11 is 0. The molecule has 76 valence electrons. The van der Waals surface area contributed by atoms with Gasteiger partial charge in [0, 0.05) is 31.1 Å². The van der Waals surface area contributed by atoms with Gasteiger partial charge in [0.05, 0.1) is 0 Å². The molecule has 0 saturated carbocycles. The van der Waals surface area contributed by atoms with Gasteiger partial charge in [0.1, 0.15) is 5.75 Å². The Morgan fingerprint density at radius 2 is 2.14 bits per heavy atom. The molecule has 2 nitrogen and oxygen atoms in total. The van der Waals surface area contributed by atoms with Crippen molar-refractivity contribution in [2.24, 2.45) is 0 Å². The van der Waals surface area contributed by atoms with Gasteiger partial charge in [-0.25, -0.2) is 8.78 Å². The monoisotopic (exact) mass is 199 g/mol. The van der Waals surface area contributed by atoms with Gasteiger partial charge in [0.25, 0.3) is 5.92 Å². The number of anilines is 1. The van der Waals surface area contributed by atoms with Crippen molar-refractivity contribution in [1.29, 1.82) is 0 Å². The summed E-state index contributed by atoms with van der Waals surface area (Å²) in [5.41, 5.74) is 1.17. The number of aromatic hydroxyl groups is 1. The van der Waals surface area contributed by atoms with Crippen LogP contribution in [0.25, 0.3) is 0 Å². The van der Waals surface area contributed by atoms with Crippen LogP contribution in [0.1, 0.15) is 12.0 Å². The van der Waals surface area contributed by atoms with Crippen LogP contribution in [0.4, 0.5) is 14.5 Å². The topological polar surface area (TPSA) is 32.3 Å². The Labute approximate surface area is 80.6 Å². The van der Waals surface area contributed by atoms with Crippen molar-refractivity contribution in [3.63, 3.8) is 0 Å². The van der Waals surface area contributed by atoms with Gasteiger partial charge in [0.2, 0.25) is 0 Å². The second-order valence-corrected chi connectivity index (χ2v) is 3.55. The maximum absolute atomic E-state index is 13.1. The van der Waals surface area contributed by atoms with E-state index in [4.69, 9.17) is 0 Å². The number of phenolic OH excluding ortho intramolecular Hbond substituents is 1. The van der Waals surface area contributed by atoms with Crippen LogP contribution in [0.15, 0.2) is 18.2 Å². The van der Waals surface area contributed by atoms with Gasteiger partial charge < -0.3 is 10.4 Å². The molecule has 0 aromatic heterocycles. The predicted octanol–water partition coefficient (Wildman–Crippen LogP) is 2.39. The first-order valence-electron chi connectivity index (χ1n) is 4.50. The van der Waals surface area contributed by atoms with Crippen LogP contribution in [0.2, 0.25) is 0 Å². The molecule has 0 radical (unpaired) electrons. The standard InChI is InChI=1S/C10H11F2NO/c11-10(12)3-4-13-9-5-8(14)2-1-7(9)6-10/h1-2,5,13-14H,3-4,6H2. The summed E-state index contributed by atoms with van der Waals surface area (Å²) in [6.07, 6.45) is -0.419. The Bertz CT molecular complexity index is 352. The Kier molecular flexibility index (Phi) is 2.06. The number of alkyl halides is 2. The maximum atomic E-state index is 13.1. The second kappa shape index (κ2) is 3.12. The molecular weight excluding hydrogens is 188 g/mol. The minimum Gasteiger partial charge on any atom is -0.508 e. The molecule has 0 atom stereocenters. The van der Waals surface area contributed by atoms with E-state index in [1.807, 2.05) is 0 Å². The predicted molar refractivity (Wildman–Crippen MR) is 49.9 cm³/mol. The van der Waals surface area contributed by atoms with Gasteiger partial charge >= 0.3 is 0 Å². The Balaban J connectivity index is 2.37. The molecule has 0 amide bonds. The lowest BCUT2D eigenvalue weighted by molar-refractivity contribution is -0.00196. The van der Waals surface area contributed by atoms with Gasteiger partial charge in [-0.2, -0.15) is 0 Å². The molecule has 0 unspecified atom stereocenters. The number of hydrogen-bond donors (Lipinski definition) is 2. The summed E-state index contributed by atoms with van der Waals surface area (Å²) in [6, 6.07) is 4.45. The van der Waals surface area contributed by atoms with E-state index >= 15 is 0 Å². The summed E-state index contributed by atoms with van der Waals surface area (Å²) < 4.78 is 26.3. The molecule has 14 heavy (non-hydrogen) atoms. The fourth-order valence-corrected chi connectivity index (χ4v) is 1.63. The van der Waals surface area contributed by atoms with Crippen molar-refractivity contribution in [2.75, 3.05) is 11.9 Å². The third kappa shape index (κ3) is 1.78. The SMILES string of the molecule is Oc1ccc2c(c1)NCCC(F)(F)C2. The van der Waals surface area contributed by atoms with Gasteiger partial charge in [-0.1, -0.05) is 6.07 Å². The lowest BCUT2D eigenvalue weighted by atomic mass is 10.1. The molecule has 4 heteroatoms. The van der Waals surface area contributed by atoms with E-state index in [1.54, 1.807) is 0 Å². The molecule has 1 aliphatic heterocycles. The molecule has 1 aromatic carbocycles. The lowest BCUT2D eigenvalue weighted by Gasteiger charge is -2.12. The van der Waals surface area contributed by atoms with Gasteiger partial charge in [-0.15, -0.1) is 0 Å². The summed E-state index contributed by atoms with van der Waals surface area (Å²) in [6.45, 7) is 0.240. The van der Waals surface area contributed by atoms with Gasteiger partial charge in [-0.3, -0.25) is 0 Å². The van der Waals surface area contributed by atoms with Crippen molar-refractivity contribution in [3.05, 3.63) is 23.8 Å². The Morgan fingerprint density at radius 3 is 2.93 bits per heavy atom. The van der Waals surface area contributed by atoms with E-state index in [0.717, 1.165) is 0 Å². The van der Waals surface area contributed by atoms with Crippen LogP contribution in [-0.2, 0) is 6.42 Å². The van der Waals surface area contributed by atoms with E-state index in [2.05, 4.69) is 5.32 Å². The number of nitrogens with one attached hydrogen (secondary N) is 1. The molecule has 0 saturated heterocycles. The van der Waals surface area contributed by atoms with E-state index in [-0.39, 0.29) is 25.1 Å². The van der Waals surface area contributed by atoms with Crippen LogP contribution in [0.3, 0.4) is 0 Å². The zero-order valence-electron chi connectivity index (χ0n) is 7.56. The number of fused-ring (bicyclic) bond motifs is 1. The van der Waals surface area contributed by atoms with Crippen molar-refractivity contribution < 1.29 is 13.9 Å². The van der Waals surface area contributed by atoms with Crippen molar-refractivity contribution in [3.8, 4) is 5.75 Å². The normalized spacial score (nSPS) is 19.3. The highest BCUT2D eigenvalue weighted by Gasteiger charge is 2.31. The molecule has 1 aliphatic rings. The minimum atomic E-state index is -2.64. The number of hydrogen-bond acceptors (Lipinski definition) is 2. The third-order valence-corrected chi connectivity index (χ3v) is 2.35. The summed E-state index contributed by atoms with van der Waals surface area (Å²) in [7, 11) is 0. The highest BCUT2D eigenvalue weighted by atomic mass is 19.3. The fraction of sp³-hybridized carbons (Fsp3) is 0.400. The lowest BCUT2D eigenvalue weighted by Crippen LogP contribution is -2.19. The average molecular weight is 199 g/mol. The van der Waals surface area contributed by atoms with Crippen molar-refractivity contribution >= 4 is 5.69 Å². The quantitative estimate of drug-likeness (QED) is 0.672. The van der Waals surface area contributed by atoms with Crippen LogP contribution in [0.5, 0.6) is 5.75 Å². The Morgan fingerprint density at radius 1 is 1.36 bits per heavy atom. The first-order chi connectivity index (χ1) is 6.57. The molecule has 2 N–H and O–H groups in total. The molecule has 0 fully saturated rings. The Hall–Kier alpha value is -1.32. The molecule has 1 aromatic rings. The maximum Gasteiger partial charge on any atom is 0.253 e. The van der Waals surface area contributed by atoms with Gasteiger partial charge in [-0.05, 0) is 11.6 Å². The molecule has 0 spiro atoms. The molecule has 2 rings (SSSR count). The number of halogens is 2. The largest absolute Gasteiger partial charge is 0.508 e. The van der Waals surface area contributed by atoms with Gasteiger partial charge in [0.15, 0.2) is 0 Å². The number of phenols is 1. The zero-order chi connectivity index (χ0) is 10.2. The summed E-state index contributed by atoms with van der Waals surface area (Å²) in [5.74, 6) is -2.55. The number of rotatable bonds is 0. The molecule has 1 heterocycles. The highest BCUT2D eigenvalue weighted by molar-refractivity contribution is 5.56. The second-order valence-electron chi connectivity index (χ2n) is 3.55. The van der Waals surface area contributed by atoms with Crippen LogP contribution in [-0.4, -0.2) is 17.6 Å². The summed E-state index contributed by atoms with van der Waals surface area (Å²) in [4.78, 5) is 0. The molecular formula is C10H11F2NO. The first kappa shape index (κ1) is 9.24. The van der Waals surface area contributed by atoms with E-state index in [0.29, 0.717) is 11.3 Å². The van der Waals surface area contributed by atoms with E-state index in [9.17, 15) is 13.9 Å². The minimum absolute atomic E-state index is 0.0986. The number of benzene rings is 1. The van der Waals surface area contributed by atoms with Crippen LogP contribution < -0.4 is 5.32 Å². The van der Waals surface area contributed by atoms with E-state index in [1.165, 1.54) is 18.2 Å². The average Bonchev–Trinajstić information content (AvgIpc) is 2.22. The fourth-order valence-electron chi connectivity index (χ4n) is 1.63.